The van der Waals surface area contributed by atoms with E-state index >= 15 is 0 Å². The highest BCUT2D eigenvalue weighted by Gasteiger charge is 2.29. The van der Waals surface area contributed by atoms with Gasteiger partial charge >= 0.3 is 0 Å². The molecule has 1 amide bonds. The van der Waals surface area contributed by atoms with E-state index in [2.05, 4.69) is 21.2 Å². The SMILES string of the molecule is O=C(CCBr)NCC(O)C1CC1. The highest BCUT2D eigenvalue weighted by atomic mass is 79.9. The van der Waals surface area contributed by atoms with Gasteiger partial charge in [-0.2, -0.15) is 0 Å². The van der Waals surface area contributed by atoms with Crippen molar-refractivity contribution in [3.05, 3.63) is 0 Å². The molecule has 0 aromatic heterocycles. The molecule has 1 saturated carbocycles. The van der Waals surface area contributed by atoms with Crippen LogP contribution in [0.4, 0.5) is 0 Å². The van der Waals surface area contributed by atoms with Crippen LogP contribution in [0.1, 0.15) is 19.3 Å². The Morgan fingerprint density at radius 2 is 2.33 bits per heavy atom. The summed E-state index contributed by atoms with van der Waals surface area (Å²) in [6.45, 7) is 0.413. The second-order valence-electron chi connectivity index (χ2n) is 3.15. The third kappa shape index (κ3) is 3.54. The minimum atomic E-state index is -0.329. The quantitative estimate of drug-likeness (QED) is 0.689. The number of hydrogen-bond donors (Lipinski definition) is 2. The lowest BCUT2D eigenvalue weighted by molar-refractivity contribution is -0.121. The first-order valence-corrected chi connectivity index (χ1v) is 5.37. The molecule has 0 saturated heterocycles. The van der Waals surface area contributed by atoms with E-state index in [4.69, 9.17) is 0 Å². The summed E-state index contributed by atoms with van der Waals surface area (Å²) in [6.07, 6.45) is 2.37. The Morgan fingerprint density at radius 1 is 1.67 bits per heavy atom. The summed E-state index contributed by atoms with van der Waals surface area (Å²) >= 11 is 3.17. The second-order valence-corrected chi connectivity index (χ2v) is 3.94. The van der Waals surface area contributed by atoms with E-state index < -0.39 is 0 Å². The number of nitrogens with one attached hydrogen (secondary N) is 1. The first kappa shape index (κ1) is 9.99. The Labute approximate surface area is 80.7 Å². The molecule has 12 heavy (non-hydrogen) atoms. The van der Waals surface area contributed by atoms with E-state index in [9.17, 15) is 9.90 Å². The van der Waals surface area contributed by atoms with E-state index in [1.54, 1.807) is 0 Å². The maximum absolute atomic E-state index is 10.9. The number of rotatable bonds is 5. The maximum Gasteiger partial charge on any atom is 0.220 e. The van der Waals surface area contributed by atoms with Crippen LogP contribution >= 0.6 is 15.9 Å². The molecular weight excluding hydrogens is 222 g/mol. The Balaban J connectivity index is 2.03. The lowest BCUT2D eigenvalue weighted by Gasteiger charge is -2.09. The smallest absolute Gasteiger partial charge is 0.220 e. The number of halogens is 1. The lowest BCUT2D eigenvalue weighted by Crippen LogP contribution is -2.33. The van der Waals surface area contributed by atoms with Gasteiger partial charge in [0.2, 0.25) is 5.91 Å². The minimum Gasteiger partial charge on any atom is -0.391 e. The standard InChI is InChI=1S/C8H14BrNO2/c9-4-3-8(12)10-5-7(11)6-1-2-6/h6-7,11H,1-5H2,(H,10,12). The van der Waals surface area contributed by atoms with Gasteiger partial charge in [0, 0.05) is 18.3 Å². The predicted octanol–water partition coefficient (Wildman–Crippen LogP) is 0.658. The fourth-order valence-corrected chi connectivity index (χ4v) is 1.40. The molecule has 0 aromatic rings. The summed E-state index contributed by atoms with van der Waals surface area (Å²) in [4.78, 5) is 10.9. The summed E-state index contributed by atoms with van der Waals surface area (Å²) < 4.78 is 0. The molecule has 3 nitrogen and oxygen atoms in total. The number of carbonyl (C=O) groups excluding carboxylic acids is 1. The van der Waals surface area contributed by atoms with Gasteiger partial charge < -0.3 is 10.4 Å². The molecule has 0 heterocycles. The van der Waals surface area contributed by atoms with Gasteiger partial charge in [-0.25, -0.2) is 0 Å². The minimum absolute atomic E-state index is 0.00609. The molecule has 0 bridgehead atoms. The number of aliphatic hydroxyl groups is 1. The average Bonchev–Trinajstić information content (AvgIpc) is 2.83. The molecule has 1 atom stereocenters. The summed E-state index contributed by atoms with van der Waals surface area (Å²) in [5.74, 6) is 0.445. The van der Waals surface area contributed by atoms with Gasteiger partial charge in [-0.3, -0.25) is 4.79 Å². The van der Waals surface area contributed by atoms with E-state index in [1.807, 2.05) is 0 Å². The van der Waals surface area contributed by atoms with E-state index in [-0.39, 0.29) is 12.0 Å². The van der Waals surface area contributed by atoms with Crippen molar-refractivity contribution < 1.29 is 9.90 Å². The molecule has 70 valence electrons. The van der Waals surface area contributed by atoms with Gasteiger partial charge in [0.25, 0.3) is 0 Å². The van der Waals surface area contributed by atoms with Crippen LogP contribution in [-0.2, 0) is 4.79 Å². The van der Waals surface area contributed by atoms with Crippen LogP contribution in [0.15, 0.2) is 0 Å². The molecule has 4 heteroatoms. The third-order valence-electron chi connectivity index (χ3n) is 2.00. The molecule has 1 unspecified atom stereocenters. The summed E-state index contributed by atoms with van der Waals surface area (Å²) in [5.41, 5.74) is 0. The van der Waals surface area contributed by atoms with Crippen LogP contribution in [0, 0.1) is 5.92 Å². The number of aliphatic hydroxyl groups excluding tert-OH is 1. The second kappa shape index (κ2) is 4.82. The fraction of sp³-hybridized carbons (Fsp3) is 0.875. The van der Waals surface area contributed by atoms with Crippen molar-refractivity contribution in [2.24, 2.45) is 5.92 Å². The first-order chi connectivity index (χ1) is 5.74. The third-order valence-corrected chi connectivity index (χ3v) is 2.39. The molecule has 1 fully saturated rings. The van der Waals surface area contributed by atoms with Crippen LogP contribution in [0.25, 0.3) is 0 Å². The molecule has 1 aliphatic carbocycles. The van der Waals surface area contributed by atoms with Gasteiger partial charge in [0.1, 0.15) is 0 Å². The molecule has 0 spiro atoms. The summed E-state index contributed by atoms with van der Waals surface area (Å²) in [6, 6.07) is 0. The van der Waals surface area contributed by atoms with Gasteiger partial charge in [0.15, 0.2) is 0 Å². The Hall–Kier alpha value is -0.0900. The lowest BCUT2D eigenvalue weighted by atomic mass is 10.2. The molecule has 0 aliphatic heterocycles. The van der Waals surface area contributed by atoms with Crippen LogP contribution < -0.4 is 5.32 Å². The highest BCUT2D eigenvalue weighted by molar-refractivity contribution is 9.09. The monoisotopic (exact) mass is 235 g/mol. The first-order valence-electron chi connectivity index (χ1n) is 4.24. The van der Waals surface area contributed by atoms with Crippen molar-refractivity contribution in [2.75, 3.05) is 11.9 Å². The Kier molecular flexibility index (Phi) is 4.01. The molecule has 0 aromatic carbocycles. The maximum atomic E-state index is 10.9. The zero-order valence-electron chi connectivity index (χ0n) is 6.92. The van der Waals surface area contributed by atoms with Crippen molar-refractivity contribution in [1.29, 1.82) is 0 Å². The van der Waals surface area contributed by atoms with E-state index in [0.717, 1.165) is 12.8 Å². The Morgan fingerprint density at radius 3 is 2.83 bits per heavy atom. The number of amides is 1. The number of hydrogen-bond acceptors (Lipinski definition) is 2. The molecular formula is C8H14BrNO2. The van der Waals surface area contributed by atoms with Crippen molar-refractivity contribution in [3.8, 4) is 0 Å². The van der Waals surface area contributed by atoms with Crippen LogP contribution in [0.5, 0.6) is 0 Å². The zero-order chi connectivity index (χ0) is 8.97. The molecule has 2 N–H and O–H groups in total. The predicted molar refractivity (Wildman–Crippen MR) is 50.2 cm³/mol. The molecule has 0 radical (unpaired) electrons. The van der Waals surface area contributed by atoms with E-state index in [1.165, 1.54) is 0 Å². The van der Waals surface area contributed by atoms with Gasteiger partial charge in [-0.15, -0.1) is 0 Å². The molecule has 1 aliphatic rings. The van der Waals surface area contributed by atoms with Crippen molar-refractivity contribution in [3.63, 3.8) is 0 Å². The van der Waals surface area contributed by atoms with Gasteiger partial charge in [-0.05, 0) is 18.8 Å². The Bertz CT molecular complexity index is 159. The van der Waals surface area contributed by atoms with Crippen LogP contribution in [-0.4, -0.2) is 29.0 Å². The zero-order valence-corrected chi connectivity index (χ0v) is 8.51. The van der Waals surface area contributed by atoms with Crippen LogP contribution in [0.2, 0.25) is 0 Å². The van der Waals surface area contributed by atoms with Crippen molar-refractivity contribution >= 4 is 21.8 Å². The highest BCUT2D eigenvalue weighted by Crippen LogP contribution is 2.32. The summed E-state index contributed by atoms with van der Waals surface area (Å²) in [5, 5.41) is 12.7. The summed E-state index contributed by atoms with van der Waals surface area (Å²) in [7, 11) is 0. The largest absolute Gasteiger partial charge is 0.391 e. The average molecular weight is 236 g/mol. The normalized spacial score (nSPS) is 18.8. The van der Waals surface area contributed by atoms with Gasteiger partial charge in [-0.1, -0.05) is 15.9 Å². The number of carbonyl (C=O) groups is 1. The van der Waals surface area contributed by atoms with E-state index in [0.29, 0.717) is 24.2 Å². The topological polar surface area (TPSA) is 49.3 Å². The fourth-order valence-electron chi connectivity index (χ4n) is 1.04. The molecule has 1 rings (SSSR count). The van der Waals surface area contributed by atoms with Gasteiger partial charge in [0.05, 0.1) is 6.10 Å². The van der Waals surface area contributed by atoms with Crippen molar-refractivity contribution in [2.45, 2.75) is 25.4 Å². The van der Waals surface area contributed by atoms with Crippen LogP contribution in [0.3, 0.4) is 0 Å². The van der Waals surface area contributed by atoms with Crippen molar-refractivity contribution in [1.82, 2.24) is 5.32 Å². The number of alkyl halides is 1.